The van der Waals surface area contributed by atoms with Gasteiger partial charge in [-0.25, -0.2) is 9.69 Å². The number of aliphatic hydroxyl groups excluding tert-OH is 1. The lowest BCUT2D eigenvalue weighted by molar-refractivity contribution is 0.0453. The molecule has 7 heteroatoms. The predicted molar refractivity (Wildman–Crippen MR) is 96.2 cm³/mol. The first-order valence-electron chi connectivity index (χ1n) is 7.36. The Hall–Kier alpha value is -1.18. The van der Waals surface area contributed by atoms with Crippen molar-refractivity contribution >= 4 is 39.7 Å². The van der Waals surface area contributed by atoms with Crippen molar-refractivity contribution < 1.29 is 14.6 Å². The number of hydrogen-bond acceptors (Lipinski definition) is 6. The highest BCUT2D eigenvalue weighted by Gasteiger charge is 2.56. The van der Waals surface area contributed by atoms with E-state index >= 15 is 0 Å². The number of ether oxygens (including phenoxy) is 1. The number of aliphatic imine (C=N–C) groups is 1. The predicted octanol–water partition coefficient (Wildman–Crippen LogP) is 3.42. The summed E-state index contributed by atoms with van der Waals surface area (Å²) < 4.78 is 5.75. The van der Waals surface area contributed by atoms with Crippen LogP contribution in [0.3, 0.4) is 0 Å². The van der Waals surface area contributed by atoms with E-state index in [1.165, 1.54) is 16.7 Å². The summed E-state index contributed by atoms with van der Waals surface area (Å²) in [5.41, 5.74) is 1.00. The Morgan fingerprint density at radius 1 is 1.48 bits per heavy atom. The number of thioether (sulfide) groups is 2. The molecule has 1 spiro atoms. The molecule has 2 aliphatic heterocycles. The van der Waals surface area contributed by atoms with Gasteiger partial charge in [0.1, 0.15) is 14.7 Å². The quantitative estimate of drug-likeness (QED) is 0.775. The van der Waals surface area contributed by atoms with Gasteiger partial charge in [0, 0.05) is 0 Å². The van der Waals surface area contributed by atoms with Gasteiger partial charge in [0.15, 0.2) is 6.23 Å². The fourth-order valence-electron chi connectivity index (χ4n) is 2.81. The molecule has 0 saturated heterocycles. The standard InChI is InChI=1S/C16H20N2O3S2/c1-15(2,3)21-14(20)18-11-8-6-5-7-10(11)16(12(18)19)9-17-13(22-4)23-16/h5-8,12,19H,9H2,1-4H3/t12-,16+/m0/s1. The highest BCUT2D eigenvalue weighted by atomic mass is 32.2. The number of fused-ring (bicyclic) bond motifs is 2. The average molecular weight is 352 g/mol. The van der Waals surface area contributed by atoms with Gasteiger partial charge >= 0.3 is 6.09 Å². The van der Waals surface area contributed by atoms with Gasteiger partial charge in [0.05, 0.1) is 12.2 Å². The maximum absolute atomic E-state index is 12.6. The number of rotatable bonds is 0. The first-order valence-corrected chi connectivity index (χ1v) is 9.40. The third-order valence-electron chi connectivity index (χ3n) is 3.76. The van der Waals surface area contributed by atoms with E-state index in [1.54, 1.807) is 11.8 Å². The normalized spacial score (nSPS) is 26.4. The highest BCUT2D eigenvalue weighted by molar-refractivity contribution is 8.39. The average Bonchev–Trinajstić information content (AvgIpc) is 3.00. The second-order valence-corrected chi connectivity index (χ2v) is 8.89. The molecule has 0 aliphatic carbocycles. The number of anilines is 1. The Balaban J connectivity index is 2.00. The third kappa shape index (κ3) is 2.75. The molecule has 1 N–H and O–H groups in total. The zero-order valence-electron chi connectivity index (χ0n) is 13.6. The molecular formula is C16H20N2O3S2. The summed E-state index contributed by atoms with van der Waals surface area (Å²) >= 11 is 3.08. The SMILES string of the molecule is CSC1=NC[C@@]2(S1)c1ccccc1N(C(=O)OC(C)(C)C)[C@H]2O. The number of benzene rings is 1. The Morgan fingerprint density at radius 2 is 2.17 bits per heavy atom. The van der Waals surface area contributed by atoms with E-state index in [0.29, 0.717) is 12.2 Å². The number of amides is 1. The largest absolute Gasteiger partial charge is 0.443 e. The molecule has 1 aromatic carbocycles. The lowest BCUT2D eigenvalue weighted by atomic mass is 9.99. The second kappa shape index (κ2) is 5.72. The number of hydrogen-bond donors (Lipinski definition) is 1. The molecule has 124 valence electrons. The topological polar surface area (TPSA) is 62.1 Å². The third-order valence-corrected chi connectivity index (χ3v) is 6.21. The zero-order valence-corrected chi connectivity index (χ0v) is 15.2. The van der Waals surface area contributed by atoms with Crippen LogP contribution in [0.4, 0.5) is 10.5 Å². The van der Waals surface area contributed by atoms with Crippen LogP contribution in [0.5, 0.6) is 0 Å². The van der Waals surface area contributed by atoms with Crippen LogP contribution in [0.2, 0.25) is 0 Å². The van der Waals surface area contributed by atoms with Crippen molar-refractivity contribution in [2.75, 3.05) is 17.7 Å². The molecule has 0 fully saturated rings. The molecule has 0 unspecified atom stereocenters. The van der Waals surface area contributed by atoms with Crippen molar-refractivity contribution in [1.29, 1.82) is 0 Å². The highest BCUT2D eigenvalue weighted by Crippen LogP contribution is 2.55. The van der Waals surface area contributed by atoms with Crippen LogP contribution in [0.15, 0.2) is 29.3 Å². The molecule has 1 amide bonds. The molecule has 2 atom stereocenters. The van der Waals surface area contributed by atoms with Crippen molar-refractivity contribution in [2.24, 2.45) is 4.99 Å². The smallest absolute Gasteiger partial charge is 0.417 e. The van der Waals surface area contributed by atoms with Crippen molar-refractivity contribution in [3.63, 3.8) is 0 Å². The van der Waals surface area contributed by atoms with Crippen molar-refractivity contribution in [1.82, 2.24) is 0 Å². The number of para-hydroxylation sites is 1. The van der Waals surface area contributed by atoms with E-state index in [9.17, 15) is 9.90 Å². The zero-order chi connectivity index (χ0) is 16.8. The molecule has 1 aromatic rings. The minimum Gasteiger partial charge on any atom is -0.443 e. The van der Waals surface area contributed by atoms with E-state index in [0.717, 1.165) is 9.94 Å². The summed E-state index contributed by atoms with van der Waals surface area (Å²) in [6, 6.07) is 7.57. The fourth-order valence-corrected chi connectivity index (χ4v) is 4.85. The van der Waals surface area contributed by atoms with Gasteiger partial charge in [-0.15, -0.1) is 11.8 Å². The van der Waals surface area contributed by atoms with Gasteiger partial charge in [0.25, 0.3) is 0 Å². The minimum atomic E-state index is -1.01. The van der Waals surface area contributed by atoms with Crippen LogP contribution in [-0.2, 0) is 9.48 Å². The summed E-state index contributed by atoms with van der Waals surface area (Å²) in [6.45, 7) is 5.89. The molecule has 0 radical (unpaired) electrons. The summed E-state index contributed by atoms with van der Waals surface area (Å²) in [5, 5.41) is 11.0. The van der Waals surface area contributed by atoms with Gasteiger partial charge in [-0.05, 0) is 38.7 Å². The van der Waals surface area contributed by atoms with E-state index in [2.05, 4.69) is 4.99 Å². The van der Waals surface area contributed by atoms with Crippen molar-refractivity contribution in [2.45, 2.75) is 37.3 Å². The van der Waals surface area contributed by atoms with Crippen LogP contribution in [0, 0.1) is 0 Å². The maximum Gasteiger partial charge on any atom is 0.417 e. The van der Waals surface area contributed by atoms with Crippen LogP contribution in [0.25, 0.3) is 0 Å². The number of nitrogens with zero attached hydrogens (tertiary/aromatic N) is 2. The van der Waals surface area contributed by atoms with Gasteiger partial charge in [0.2, 0.25) is 0 Å². The van der Waals surface area contributed by atoms with Crippen LogP contribution >= 0.6 is 23.5 Å². The molecule has 2 aliphatic rings. The van der Waals surface area contributed by atoms with Gasteiger partial charge in [-0.3, -0.25) is 4.99 Å². The Morgan fingerprint density at radius 3 is 2.78 bits per heavy atom. The summed E-state index contributed by atoms with van der Waals surface area (Å²) in [4.78, 5) is 18.5. The lowest BCUT2D eigenvalue weighted by Crippen LogP contribution is -2.48. The lowest BCUT2D eigenvalue weighted by Gasteiger charge is -2.31. The molecule has 0 saturated carbocycles. The molecule has 23 heavy (non-hydrogen) atoms. The van der Waals surface area contributed by atoms with Crippen molar-refractivity contribution in [3.05, 3.63) is 29.8 Å². The number of carbonyl (C=O) groups excluding carboxylic acids is 1. The Bertz CT molecular complexity index is 672. The van der Waals surface area contributed by atoms with Crippen LogP contribution < -0.4 is 4.90 Å². The summed E-state index contributed by atoms with van der Waals surface area (Å²) in [7, 11) is 0. The monoisotopic (exact) mass is 352 g/mol. The van der Waals surface area contributed by atoms with Crippen LogP contribution in [-0.4, -0.2) is 40.2 Å². The summed E-state index contributed by atoms with van der Waals surface area (Å²) in [5.74, 6) is 0. The van der Waals surface area contributed by atoms with Gasteiger partial charge < -0.3 is 9.84 Å². The van der Waals surface area contributed by atoms with Gasteiger partial charge in [-0.2, -0.15) is 0 Å². The molecule has 0 aromatic heterocycles. The van der Waals surface area contributed by atoms with Crippen molar-refractivity contribution in [3.8, 4) is 0 Å². The van der Waals surface area contributed by atoms with E-state index in [4.69, 9.17) is 4.74 Å². The van der Waals surface area contributed by atoms with E-state index in [-0.39, 0.29) is 0 Å². The first-order chi connectivity index (χ1) is 10.8. The molecule has 2 heterocycles. The van der Waals surface area contributed by atoms with E-state index < -0.39 is 22.7 Å². The van der Waals surface area contributed by atoms with E-state index in [1.807, 2.05) is 51.3 Å². The van der Waals surface area contributed by atoms with Crippen LogP contribution in [0.1, 0.15) is 26.3 Å². The Kier molecular flexibility index (Phi) is 4.14. The molecule has 5 nitrogen and oxygen atoms in total. The number of aliphatic hydroxyl groups is 1. The summed E-state index contributed by atoms with van der Waals surface area (Å²) in [6.07, 6.45) is 0.421. The molecular weight excluding hydrogens is 332 g/mol. The maximum atomic E-state index is 12.6. The van der Waals surface area contributed by atoms with Gasteiger partial charge in [-0.1, -0.05) is 30.0 Å². The fraction of sp³-hybridized carbons (Fsp3) is 0.500. The molecule has 0 bridgehead atoms. The number of carbonyl (C=O) groups is 1. The first kappa shape index (κ1) is 16.7. The minimum absolute atomic E-state index is 0.450. The molecule has 3 rings (SSSR count). The second-order valence-electron chi connectivity index (χ2n) is 6.52. The Labute approximate surface area is 144 Å².